The van der Waals surface area contributed by atoms with Gasteiger partial charge in [-0.1, -0.05) is 28.8 Å². The highest BCUT2D eigenvalue weighted by Crippen LogP contribution is 2.29. The van der Waals surface area contributed by atoms with Crippen molar-refractivity contribution in [3.05, 3.63) is 22.8 Å². The minimum absolute atomic E-state index is 0.161. The third-order valence-electron chi connectivity index (χ3n) is 3.94. The number of hydrogen-bond donors (Lipinski definition) is 3. The number of fused-ring (bicyclic) bond motifs is 1. The number of nitrogens with one attached hydrogen (secondary N) is 2. The van der Waals surface area contributed by atoms with Crippen molar-refractivity contribution in [1.82, 2.24) is 10.2 Å². The van der Waals surface area contributed by atoms with Crippen molar-refractivity contribution in [3.63, 3.8) is 0 Å². The van der Waals surface area contributed by atoms with Gasteiger partial charge >= 0.3 is 0 Å². The van der Waals surface area contributed by atoms with Gasteiger partial charge in [0.05, 0.1) is 23.5 Å². The number of aromatic amines is 1. The molecule has 0 bridgehead atoms. The minimum atomic E-state index is -0.161. The summed E-state index contributed by atoms with van der Waals surface area (Å²) in [6.45, 7) is 0.811. The monoisotopic (exact) mass is 323 g/mol. The fourth-order valence-corrected chi connectivity index (χ4v) is 3.30. The third-order valence-corrected chi connectivity index (χ3v) is 4.40. The van der Waals surface area contributed by atoms with E-state index >= 15 is 0 Å². The molecule has 0 amide bonds. The molecule has 0 unspecified atom stereocenters. The van der Waals surface area contributed by atoms with Gasteiger partial charge in [-0.05, 0) is 25.0 Å². The van der Waals surface area contributed by atoms with Crippen LogP contribution < -0.4 is 5.32 Å². The zero-order valence-electron chi connectivity index (χ0n) is 10.7. The molecule has 1 aromatic carbocycles. The second kappa shape index (κ2) is 5.51. The Labute approximate surface area is 120 Å². The molecule has 2 atom stereocenters. The fraction of sp³-hybridized carbons (Fsp3) is 0.500. The first-order valence-corrected chi connectivity index (χ1v) is 7.58. The number of aliphatic hydroxyl groups excluding tert-OH is 1. The summed E-state index contributed by atoms with van der Waals surface area (Å²) in [4.78, 5) is 0. The zero-order chi connectivity index (χ0) is 13.2. The SMILES string of the molecule is O[C@@H]1CCCC[C@H]1CNc1cc(Br)cc2cn[nH]c12. The number of aromatic nitrogens is 2. The molecule has 4 nitrogen and oxygen atoms in total. The highest BCUT2D eigenvalue weighted by molar-refractivity contribution is 9.10. The number of nitrogens with zero attached hydrogens (tertiary/aromatic N) is 1. The Morgan fingerprint density at radius 3 is 3.05 bits per heavy atom. The molecule has 1 aliphatic rings. The van der Waals surface area contributed by atoms with Crippen LogP contribution >= 0.6 is 15.9 Å². The van der Waals surface area contributed by atoms with E-state index < -0.39 is 0 Å². The van der Waals surface area contributed by atoms with Gasteiger partial charge in [0, 0.05) is 22.3 Å². The number of H-pyrrole nitrogens is 1. The van der Waals surface area contributed by atoms with Crippen molar-refractivity contribution in [2.75, 3.05) is 11.9 Å². The summed E-state index contributed by atoms with van der Waals surface area (Å²) in [5, 5.41) is 21.6. The average molecular weight is 324 g/mol. The topological polar surface area (TPSA) is 60.9 Å². The van der Waals surface area contributed by atoms with Gasteiger partial charge in [0.25, 0.3) is 0 Å². The van der Waals surface area contributed by atoms with Crippen LogP contribution in [0.4, 0.5) is 5.69 Å². The van der Waals surface area contributed by atoms with E-state index in [1.165, 1.54) is 6.42 Å². The van der Waals surface area contributed by atoms with Crippen molar-refractivity contribution in [2.24, 2.45) is 5.92 Å². The van der Waals surface area contributed by atoms with Gasteiger partial charge in [0.15, 0.2) is 0 Å². The molecule has 3 N–H and O–H groups in total. The molecular formula is C14H18BrN3O. The molecule has 1 saturated carbocycles. The van der Waals surface area contributed by atoms with Crippen LogP contribution in [-0.2, 0) is 0 Å². The number of hydrogen-bond acceptors (Lipinski definition) is 3. The maximum atomic E-state index is 10.0. The van der Waals surface area contributed by atoms with E-state index in [-0.39, 0.29) is 6.10 Å². The lowest BCUT2D eigenvalue weighted by molar-refractivity contribution is 0.0763. The van der Waals surface area contributed by atoms with E-state index in [9.17, 15) is 5.11 Å². The Bertz CT molecular complexity index is 569. The maximum Gasteiger partial charge on any atom is 0.0882 e. The molecule has 0 spiro atoms. The van der Waals surface area contributed by atoms with Crippen LogP contribution in [0.3, 0.4) is 0 Å². The van der Waals surface area contributed by atoms with Crippen molar-refractivity contribution in [1.29, 1.82) is 0 Å². The summed E-state index contributed by atoms with van der Waals surface area (Å²) in [5.74, 6) is 0.353. The first kappa shape index (κ1) is 12.9. The Morgan fingerprint density at radius 1 is 1.37 bits per heavy atom. The number of aliphatic hydroxyl groups is 1. The van der Waals surface area contributed by atoms with Gasteiger partial charge in [-0.15, -0.1) is 0 Å². The van der Waals surface area contributed by atoms with Gasteiger partial charge in [0.2, 0.25) is 0 Å². The maximum absolute atomic E-state index is 10.0. The number of rotatable bonds is 3. The van der Waals surface area contributed by atoms with Gasteiger partial charge < -0.3 is 10.4 Å². The highest BCUT2D eigenvalue weighted by Gasteiger charge is 2.22. The lowest BCUT2D eigenvalue weighted by Crippen LogP contribution is -2.30. The summed E-state index contributed by atoms with van der Waals surface area (Å²) in [5.41, 5.74) is 2.06. The molecule has 3 rings (SSSR count). The molecule has 1 heterocycles. The normalized spacial score (nSPS) is 23.7. The summed E-state index contributed by atoms with van der Waals surface area (Å²) in [6, 6.07) is 4.09. The smallest absolute Gasteiger partial charge is 0.0882 e. The molecule has 1 aliphatic carbocycles. The Hall–Kier alpha value is -1.07. The van der Waals surface area contributed by atoms with Crippen molar-refractivity contribution in [2.45, 2.75) is 31.8 Å². The van der Waals surface area contributed by atoms with Crippen LogP contribution in [0.1, 0.15) is 25.7 Å². The lowest BCUT2D eigenvalue weighted by atomic mass is 9.86. The van der Waals surface area contributed by atoms with E-state index in [1.807, 2.05) is 12.3 Å². The molecule has 1 aromatic heterocycles. The van der Waals surface area contributed by atoms with Crippen LogP contribution in [0.2, 0.25) is 0 Å². The van der Waals surface area contributed by atoms with Crippen LogP contribution in [0.15, 0.2) is 22.8 Å². The molecule has 2 aromatic rings. The zero-order valence-corrected chi connectivity index (χ0v) is 12.3. The van der Waals surface area contributed by atoms with Crippen molar-refractivity contribution < 1.29 is 5.11 Å². The molecule has 0 radical (unpaired) electrons. The Morgan fingerprint density at radius 2 is 2.21 bits per heavy atom. The molecule has 5 heteroatoms. The van der Waals surface area contributed by atoms with E-state index in [0.717, 1.165) is 46.9 Å². The second-order valence-electron chi connectivity index (χ2n) is 5.28. The largest absolute Gasteiger partial charge is 0.393 e. The van der Waals surface area contributed by atoms with Crippen LogP contribution in [0, 0.1) is 5.92 Å². The quantitative estimate of drug-likeness (QED) is 0.812. The third kappa shape index (κ3) is 2.77. The van der Waals surface area contributed by atoms with Crippen LogP contribution in [-0.4, -0.2) is 28.0 Å². The van der Waals surface area contributed by atoms with Crippen LogP contribution in [0.5, 0.6) is 0 Å². The van der Waals surface area contributed by atoms with Crippen LogP contribution in [0.25, 0.3) is 10.9 Å². The van der Waals surface area contributed by atoms with Crippen molar-refractivity contribution in [3.8, 4) is 0 Å². The summed E-state index contributed by atoms with van der Waals surface area (Å²) >= 11 is 3.51. The minimum Gasteiger partial charge on any atom is -0.393 e. The second-order valence-corrected chi connectivity index (χ2v) is 6.20. The predicted octanol–water partition coefficient (Wildman–Crippen LogP) is 3.29. The predicted molar refractivity (Wildman–Crippen MR) is 80.2 cm³/mol. The van der Waals surface area contributed by atoms with E-state index in [0.29, 0.717) is 5.92 Å². The molecule has 1 fully saturated rings. The average Bonchev–Trinajstić information content (AvgIpc) is 2.85. The molecular weight excluding hydrogens is 306 g/mol. The van der Waals surface area contributed by atoms with Gasteiger partial charge in [0.1, 0.15) is 0 Å². The summed E-state index contributed by atoms with van der Waals surface area (Å²) in [7, 11) is 0. The molecule has 0 saturated heterocycles. The first-order valence-electron chi connectivity index (χ1n) is 6.78. The number of benzene rings is 1. The van der Waals surface area contributed by atoms with Crippen molar-refractivity contribution >= 4 is 32.5 Å². The molecule has 102 valence electrons. The summed E-state index contributed by atoms with van der Waals surface area (Å²) < 4.78 is 1.04. The van der Waals surface area contributed by atoms with E-state index in [2.05, 4.69) is 37.5 Å². The first-order chi connectivity index (χ1) is 9.24. The number of anilines is 1. The van der Waals surface area contributed by atoms with Gasteiger partial charge in [-0.3, -0.25) is 5.10 Å². The molecule has 0 aliphatic heterocycles. The fourth-order valence-electron chi connectivity index (χ4n) is 2.83. The summed E-state index contributed by atoms with van der Waals surface area (Å²) in [6.07, 6.45) is 6.07. The van der Waals surface area contributed by atoms with E-state index in [1.54, 1.807) is 0 Å². The van der Waals surface area contributed by atoms with Gasteiger partial charge in [-0.2, -0.15) is 5.10 Å². The standard InChI is InChI=1S/C14H18BrN3O/c15-11-5-10-8-17-18-14(10)12(6-11)16-7-9-3-1-2-4-13(9)19/h5-6,8-9,13,16,19H,1-4,7H2,(H,17,18)/t9-,13+/m0/s1. The van der Waals surface area contributed by atoms with E-state index in [4.69, 9.17) is 0 Å². The lowest BCUT2D eigenvalue weighted by Gasteiger charge is -2.28. The Balaban J connectivity index is 1.75. The van der Waals surface area contributed by atoms with Gasteiger partial charge in [-0.25, -0.2) is 0 Å². The highest BCUT2D eigenvalue weighted by atomic mass is 79.9. The molecule has 19 heavy (non-hydrogen) atoms. The number of halogens is 1. The Kier molecular flexibility index (Phi) is 3.75.